The largest absolute Gasteiger partial charge is 0.451 e. The van der Waals surface area contributed by atoms with Gasteiger partial charge in [-0.15, -0.1) is 11.3 Å². The summed E-state index contributed by atoms with van der Waals surface area (Å²) in [5.74, 6) is -2.37. The summed E-state index contributed by atoms with van der Waals surface area (Å²) in [7, 11) is 0. The van der Waals surface area contributed by atoms with Crippen LogP contribution in [0.25, 0.3) is 0 Å². The third-order valence-electron chi connectivity index (χ3n) is 5.01. The van der Waals surface area contributed by atoms with E-state index in [1.807, 2.05) is 0 Å². The van der Waals surface area contributed by atoms with E-state index in [0.29, 0.717) is 16.0 Å². The average molecular weight is 462 g/mol. The lowest BCUT2D eigenvalue weighted by molar-refractivity contribution is -0.152. The molecule has 0 saturated heterocycles. The van der Waals surface area contributed by atoms with Crippen LogP contribution in [0.15, 0.2) is 60.0 Å². The van der Waals surface area contributed by atoms with Crippen LogP contribution in [-0.4, -0.2) is 42.0 Å². The zero-order valence-corrected chi connectivity index (χ0v) is 18.2. The Labute approximate surface area is 192 Å². The summed E-state index contributed by atoms with van der Waals surface area (Å²) >= 11 is 1.24. The first kappa shape index (κ1) is 22.1. The smallest absolute Gasteiger partial charge is 0.326 e. The Bertz CT molecular complexity index is 1280. The molecule has 1 unspecified atom stereocenters. The van der Waals surface area contributed by atoms with Crippen molar-refractivity contribution in [2.24, 2.45) is 0 Å². The van der Waals surface area contributed by atoms with Crippen LogP contribution in [0.2, 0.25) is 0 Å². The molecule has 1 aliphatic carbocycles. The van der Waals surface area contributed by atoms with Crippen molar-refractivity contribution in [2.45, 2.75) is 13.0 Å². The molecule has 0 aliphatic heterocycles. The molecule has 1 heterocycles. The lowest BCUT2D eigenvalue weighted by Crippen LogP contribution is -2.35. The van der Waals surface area contributed by atoms with E-state index in [9.17, 15) is 24.0 Å². The van der Waals surface area contributed by atoms with Crippen LogP contribution >= 0.6 is 11.3 Å². The van der Waals surface area contributed by atoms with Crippen molar-refractivity contribution in [1.29, 1.82) is 0 Å². The van der Waals surface area contributed by atoms with Crippen LogP contribution in [-0.2, 0) is 14.3 Å². The number of thiophene rings is 1. The average Bonchev–Trinajstić information content (AvgIpc) is 3.36. The predicted octanol–water partition coefficient (Wildman–Crippen LogP) is 2.82. The number of ketones is 2. The van der Waals surface area contributed by atoms with Gasteiger partial charge in [0, 0.05) is 27.9 Å². The van der Waals surface area contributed by atoms with Gasteiger partial charge in [-0.05, 0) is 36.6 Å². The van der Waals surface area contributed by atoms with Gasteiger partial charge in [0.1, 0.15) is 6.54 Å². The molecule has 1 atom stereocenters. The first-order chi connectivity index (χ1) is 15.8. The number of rotatable bonds is 6. The minimum atomic E-state index is -1.15. The maximum atomic E-state index is 12.8. The minimum absolute atomic E-state index is 0.192. The lowest BCUT2D eigenvalue weighted by atomic mass is 9.84. The maximum absolute atomic E-state index is 12.8. The summed E-state index contributed by atoms with van der Waals surface area (Å²) in [6.07, 6.45) is -1.15. The molecule has 0 fully saturated rings. The Morgan fingerprint density at radius 2 is 1.58 bits per heavy atom. The number of amides is 2. The molecule has 2 aromatic carbocycles. The van der Waals surface area contributed by atoms with Crippen molar-refractivity contribution in [3.63, 3.8) is 0 Å². The van der Waals surface area contributed by atoms with E-state index >= 15 is 0 Å². The highest BCUT2D eigenvalue weighted by atomic mass is 32.1. The zero-order valence-electron chi connectivity index (χ0n) is 17.4. The Balaban J connectivity index is 1.37. The summed E-state index contributed by atoms with van der Waals surface area (Å²) in [5, 5.41) is 6.74. The van der Waals surface area contributed by atoms with Crippen LogP contribution in [0.1, 0.15) is 48.4 Å². The number of ether oxygens (including phenoxy) is 1. The summed E-state index contributed by atoms with van der Waals surface area (Å²) in [6, 6.07) is 14.3. The van der Waals surface area contributed by atoms with Crippen molar-refractivity contribution in [1.82, 2.24) is 5.32 Å². The normalized spacial score (nSPS) is 12.9. The Morgan fingerprint density at radius 3 is 2.24 bits per heavy atom. The minimum Gasteiger partial charge on any atom is -0.451 e. The van der Waals surface area contributed by atoms with E-state index in [1.54, 1.807) is 41.8 Å². The van der Waals surface area contributed by atoms with Gasteiger partial charge in [0.05, 0.1) is 4.88 Å². The number of carbonyl (C=O) groups excluding carboxylic acids is 5. The molecule has 1 aromatic heterocycles. The van der Waals surface area contributed by atoms with Crippen molar-refractivity contribution in [2.75, 3.05) is 11.9 Å². The van der Waals surface area contributed by atoms with E-state index in [1.165, 1.54) is 36.5 Å². The van der Waals surface area contributed by atoms with E-state index in [-0.39, 0.29) is 34.9 Å². The molecule has 0 bridgehead atoms. The van der Waals surface area contributed by atoms with Gasteiger partial charge in [0.25, 0.3) is 11.8 Å². The third kappa shape index (κ3) is 4.58. The van der Waals surface area contributed by atoms with Gasteiger partial charge in [-0.2, -0.15) is 0 Å². The molecule has 3 aromatic rings. The summed E-state index contributed by atoms with van der Waals surface area (Å²) in [6.45, 7) is 1.00. The van der Waals surface area contributed by atoms with Gasteiger partial charge in [-0.25, -0.2) is 0 Å². The van der Waals surface area contributed by atoms with Gasteiger partial charge >= 0.3 is 5.97 Å². The SMILES string of the molecule is CC(OC(=O)CNC(=O)c1cccs1)C(=O)Nc1ccc2c(c1)C(=O)c1ccccc1C2=O. The topological polar surface area (TPSA) is 119 Å². The van der Waals surface area contributed by atoms with Gasteiger partial charge in [0.2, 0.25) is 0 Å². The molecule has 0 spiro atoms. The second-order valence-corrected chi connectivity index (χ2v) is 8.19. The highest BCUT2D eigenvalue weighted by Crippen LogP contribution is 2.29. The van der Waals surface area contributed by atoms with Crippen molar-refractivity contribution in [3.05, 3.63) is 87.1 Å². The molecular formula is C24H18N2O6S. The van der Waals surface area contributed by atoms with E-state index in [4.69, 9.17) is 4.74 Å². The fraction of sp³-hybridized carbons (Fsp3) is 0.125. The number of hydrogen-bond acceptors (Lipinski definition) is 7. The second kappa shape index (κ2) is 9.17. The second-order valence-electron chi connectivity index (χ2n) is 7.25. The molecule has 33 heavy (non-hydrogen) atoms. The predicted molar refractivity (Wildman–Crippen MR) is 121 cm³/mol. The molecule has 1 aliphatic rings. The molecule has 2 amide bonds. The van der Waals surface area contributed by atoms with E-state index in [0.717, 1.165) is 0 Å². The molecule has 2 N–H and O–H groups in total. The Hall–Kier alpha value is -4.11. The number of benzene rings is 2. The first-order valence-electron chi connectivity index (χ1n) is 9.99. The molecule has 0 radical (unpaired) electrons. The van der Waals surface area contributed by atoms with Crippen LogP contribution in [0.5, 0.6) is 0 Å². The highest BCUT2D eigenvalue weighted by Gasteiger charge is 2.29. The number of esters is 1. The number of nitrogens with one attached hydrogen (secondary N) is 2. The van der Waals surface area contributed by atoms with Crippen LogP contribution < -0.4 is 10.6 Å². The summed E-state index contributed by atoms with van der Waals surface area (Å²) in [4.78, 5) is 62.3. The quantitative estimate of drug-likeness (QED) is 0.426. The monoisotopic (exact) mass is 462 g/mol. The zero-order chi connectivity index (χ0) is 23.5. The van der Waals surface area contributed by atoms with Crippen LogP contribution in [0.3, 0.4) is 0 Å². The Morgan fingerprint density at radius 1 is 0.909 bits per heavy atom. The highest BCUT2D eigenvalue weighted by molar-refractivity contribution is 7.12. The molecule has 0 saturated carbocycles. The molecule has 4 rings (SSSR count). The fourth-order valence-electron chi connectivity index (χ4n) is 3.36. The van der Waals surface area contributed by atoms with Crippen molar-refractivity contribution in [3.8, 4) is 0 Å². The number of hydrogen-bond donors (Lipinski definition) is 2. The fourth-order valence-corrected chi connectivity index (χ4v) is 4.00. The van der Waals surface area contributed by atoms with Crippen LogP contribution in [0, 0.1) is 0 Å². The first-order valence-corrected chi connectivity index (χ1v) is 10.9. The standard InChI is InChI=1S/C24H18N2O6S/c1-13(32-20(27)12-25-24(31)19-7-4-10-33-19)23(30)26-14-8-9-17-18(11-14)22(29)16-6-3-2-5-15(16)21(17)28/h2-11,13H,12H2,1H3,(H,25,31)(H,26,30). The van der Waals surface area contributed by atoms with Gasteiger partial charge in [0.15, 0.2) is 17.7 Å². The van der Waals surface area contributed by atoms with E-state index < -0.39 is 23.9 Å². The summed E-state index contributed by atoms with van der Waals surface area (Å²) < 4.78 is 5.07. The van der Waals surface area contributed by atoms with Gasteiger partial charge in [-0.3, -0.25) is 24.0 Å². The lowest BCUT2D eigenvalue weighted by Gasteiger charge is -2.19. The van der Waals surface area contributed by atoms with Crippen LogP contribution in [0.4, 0.5) is 5.69 Å². The van der Waals surface area contributed by atoms with Gasteiger partial charge in [-0.1, -0.05) is 30.3 Å². The van der Waals surface area contributed by atoms with Gasteiger partial charge < -0.3 is 15.4 Å². The molecule has 166 valence electrons. The Kier molecular flexibility index (Phi) is 6.14. The van der Waals surface area contributed by atoms with Crippen molar-refractivity contribution < 1.29 is 28.7 Å². The van der Waals surface area contributed by atoms with E-state index in [2.05, 4.69) is 10.6 Å². The number of anilines is 1. The number of fused-ring (bicyclic) bond motifs is 2. The summed E-state index contributed by atoms with van der Waals surface area (Å²) in [5.41, 5.74) is 1.40. The third-order valence-corrected chi connectivity index (χ3v) is 5.88. The molecule has 8 nitrogen and oxygen atoms in total. The maximum Gasteiger partial charge on any atom is 0.326 e. The molecule has 9 heteroatoms. The number of carbonyl (C=O) groups is 5. The van der Waals surface area contributed by atoms with Crippen molar-refractivity contribution >= 4 is 46.4 Å². The molecular weight excluding hydrogens is 444 g/mol.